The zero-order valence-corrected chi connectivity index (χ0v) is 14.6. The lowest BCUT2D eigenvalue weighted by molar-refractivity contribution is -0.132. The molecule has 2 N–H and O–H groups in total. The van der Waals surface area contributed by atoms with Crippen LogP contribution in [0.1, 0.15) is 17.5 Å². The summed E-state index contributed by atoms with van der Waals surface area (Å²) in [5.41, 5.74) is 7.53. The number of ether oxygens (including phenoxy) is 2. The minimum atomic E-state index is -0.594. The third-order valence-corrected chi connectivity index (χ3v) is 5.30. The maximum absolute atomic E-state index is 12.0. The highest BCUT2D eigenvalue weighted by molar-refractivity contribution is 5.85. The topological polar surface area (TPSA) is 68.0 Å². The predicted octanol–water partition coefficient (Wildman–Crippen LogP) is 0.766. The predicted molar refractivity (Wildman–Crippen MR) is 91.9 cm³/mol. The number of primary amides is 1. The minimum absolute atomic E-state index is 0.251. The average Bonchev–Trinajstić information content (AvgIpc) is 3.07. The van der Waals surface area contributed by atoms with Gasteiger partial charge in [-0.05, 0) is 24.1 Å². The van der Waals surface area contributed by atoms with Crippen molar-refractivity contribution in [2.45, 2.75) is 25.4 Å². The van der Waals surface area contributed by atoms with Crippen molar-refractivity contribution in [3.05, 3.63) is 29.3 Å². The van der Waals surface area contributed by atoms with Crippen LogP contribution in [0.5, 0.6) is 5.75 Å². The average molecular weight is 333 g/mol. The summed E-state index contributed by atoms with van der Waals surface area (Å²) in [4.78, 5) is 16.6. The Bertz CT molecular complexity index is 591. The van der Waals surface area contributed by atoms with Crippen molar-refractivity contribution in [1.29, 1.82) is 0 Å². The largest absolute Gasteiger partial charge is 0.496 e. The lowest BCUT2D eigenvalue weighted by Crippen LogP contribution is -2.63. The van der Waals surface area contributed by atoms with Crippen molar-refractivity contribution in [3.8, 4) is 5.75 Å². The zero-order valence-electron chi connectivity index (χ0n) is 14.6. The van der Waals surface area contributed by atoms with Crippen molar-refractivity contribution in [2.75, 3.05) is 46.5 Å². The van der Waals surface area contributed by atoms with Gasteiger partial charge in [-0.1, -0.05) is 12.1 Å². The molecule has 6 heteroatoms. The summed E-state index contributed by atoms with van der Waals surface area (Å²) in [7, 11) is 1.70. The third-order valence-electron chi connectivity index (χ3n) is 5.30. The molecule has 0 spiro atoms. The van der Waals surface area contributed by atoms with Gasteiger partial charge in [0.25, 0.3) is 0 Å². The summed E-state index contributed by atoms with van der Waals surface area (Å²) in [6.07, 6.45) is 0.708. The summed E-state index contributed by atoms with van der Waals surface area (Å²) in [5.74, 6) is 0.674. The van der Waals surface area contributed by atoms with Crippen LogP contribution in [0.3, 0.4) is 0 Å². The molecule has 1 atom stereocenters. The van der Waals surface area contributed by atoms with Crippen LogP contribution in [0.25, 0.3) is 0 Å². The number of aryl methyl sites for hydroxylation is 1. The van der Waals surface area contributed by atoms with Crippen LogP contribution in [-0.2, 0) is 16.1 Å². The fourth-order valence-corrected chi connectivity index (χ4v) is 3.78. The number of benzene rings is 1. The molecule has 2 saturated heterocycles. The number of nitrogens with zero attached hydrogens (tertiary/aromatic N) is 2. The van der Waals surface area contributed by atoms with Gasteiger partial charge >= 0.3 is 0 Å². The highest BCUT2D eigenvalue weighted by Crippen LogP contribution is 2.28. The molecule has 3 rings (SSSR count). The van der Waals surface area contributed by atoms with E-state index in [4.69, 9.17) is 15.2 Å². The summed E-state index contributed by atoms with van der Waals surface area (Å²) < 4.78 is 10.8. The first-order valence-corrected chi connectivity index (χ1v) is 8.54. The molecule has 1 aromatic carbocycles. The van der Waals surface area contributed by atoms with Crippen LogP contribution in [-0.4, -0.2) is 67.7 Å². The highest BCUT2D eigenvalue weighted by Gasteiger charge is 2.46. The second-order valence-electron chi connectivity index (χ2n) is 6.77. The van der Waals surface area contributed by atoms with Crippen LogP contribution in [0, 0.1) is 6.92 Å². The van der Waals surface area contributed by atoms with E-state index in [-0.39, 0.29) is 5.91 Å². The van der Waals surface area contributed by atoms with Gasteiger partial charge in [0.05, 0.1) is 13.7 Å². The molecule has 0 saturated carbocycles. The molecule has 132 valence electrons. The number of carbonyl (C=O) groups excluding carboxylic acids is 1. The van der Waals surface area contributed by atoms with Crippen molar-refractivity contribution < 1.29 is 14.3 Å². The normalized spacial score (nSPS) is 25.8. The second-order valence-corrected chi connectivity index (χ2v) is 6.77. The number of rotatable bonds is 5. The molecule has 1 aromatic rings. The Morgan fingerprint density at radius 2 is 2.08 bits per heavy atom. The van der Waals surface area contributed by atoms with Gasteiger partial charge in [0.2, 0.25) is 5.91 Å². The molecule has 2 aliphatic heterocycles. The molecular formula is C18H27N3O3. The van der Waals surface area contributed by atoms with Crippen LogP contribution in [0.4, 0.5) is 0 Å². The molecule has 1 amide bonds. The molecule has 2 fully saturated rings. The number of hydrogen-bond acceptors (Lipinski definition) is 5. The first kappa shape index (κ1) is 17.2. The van der Waals surface area contributed by atoms with Gasteiger partial charge in [-0.2, -0.15) is 0 Å². The molecular weight excluding hydrogens is 306 g/mol. The number of nitrogens with two attached hydrogens (primary N) is 1. The molecule has 2 aliphatic rings. The van der Waals surface area contributed by atoms with Gasteiger partial charge in [0.15, 0.2) is 0 Å². The first-order valence-electron chi connectivity index (χ1n) is 8.54. The van der Waals surface area contributed by atoms with E-state index in [1.165, 1.54) is 5.56 Å². The number of carbonyl (C=O) groups is 1. The van der Waals surface area contributed by atoms with E-state index in [0.717, 1.165) is 44.0 Å². The van der Waals surface area contributed by atoms with Crippen LogP contribution < -0.4 is 10.5 Å². The standard InChI is InChI=1S/C18H27N3O3/c1-14-11-15(3-4-16(14)23-2)12-20-6-8-21(9-7-20)18(17(19)22)5-10-24-13-18/h3-4,11H,5-10,12-13H2,1-2H3,(H2,19,22). The number of methoxy groups -OCH3 is 1. The molecule has 0 aromatic heterocycles. The van der Waals surface area contributed by atoms with E-state index >= 15 is 0 Å². The lowest BCUT2D eigenvalue weighted by atomic mass is 9.94. The maximum Gasteiger partial charge on any atom is 0.240 e. The summed E-state index contributed by atoms with van der Waals surface area (Å²) in [5, 5.41) is 0. The highest BCUT2D eigenvalue weighted by atomic mass is 16.5. The fraction of sp³-hybridized carbons (Fsp3) is 0.611. The summed E-state index contributed by atoms with van der Waals surface area (Å²) >= 11 is 0. The molecule has 0 aliphatic carbocycles. The van der Waals surface area contributed by atoms with Crippen LogP contribution in [0.2, 0.25) is 0 Å². The van der Waals surface area contributed by atoms with Crippen molar-refractivity contribution in [2.24, 2.45) is 5.73 Å². The van der Waals surface area contributed by atoms with E-state index in [9.17, 15) is 4.79 Å². The Hall–Kier alpha value is -1.63. The zero-order chi connectivity index (χ0) is 17.2. The Morgan fingerprint density at radius 3 is 2.62 bits per heavy atom. The number of amides is 1. The van der Waals surface area contributed by atoms with Crippen molar-refractivity contribution in [3.63, 3.8) is 0 Å². The Kier molecular flexibility index (Phi) is 5.08. The van der Waals surface area contributed by atoms with Gasteiger partial charge in [-0.3, -0.25) is 14.6 Å². The van der Waals surface area contributed by atoms with E-state index < -0.39 is 5.54 Å². The quantitative estimate of drug-likeness (QED) is 0.862. The SMILES string of the molecule is COc1ccc(CN2CCN(C3(C(N)=O)CCOC3)CC2)cc1C. The second kappa shape index (κ2) is 7.09. The summed E-state index contributed by atoms with van der Waals surface area (Å²) in [6.45, 7) is 7.59. The molecule has 0 radical (unpaired) electrons. The van der Waals surface area contributed by atoms with Crippen LogP contribution >= 0.6 is 0 Å². The van der Waals surface area contributed by atoms with Crippen molar-refractivity contribution >= 4 is 5.91 Å². The summed E-state index contributed by atoms with van der Waals surface area (Å²) in [6, 6.07) is 6.33. The maximum atomic E-state index is 12.0. The van der Waals surface area contributed by atoms with Crippen molar-refractivity contribution in [1.82, 2.24) is 9.80 Å². The molecule has 24 heavy (non-hydrogen) atoms. The fourth-order valence-electron chi connectivity index (χ4n) is 3.78. The van der Waals surface area contributed by atoms with E-state index in [0.29, 0.717) is 19.6 Å². The van der Waals surface area contributed by atoms with Gasteiger partial charge in [0.1, 0.15) is 11.3 Å². The molecule has 0 bridgehead atoms. The molecule has 2 heterocycles. The van der Waals surface area contributed by atoms with Gasteiger partial charge in [-0.25, -0.2) is 0 Å². The smallest absolute Gasteiger partial charge is 0.240 e. The van der Waals surface area contributed by atoms with Crippen LogP contribution in [0.15, 0.2) is 18.2 Å². The number of hydrogen-bond donors (Lipinski definition) is 1. The Morgan fingerprint density at radius 1 is 1.33 bits per heavy atom. The van der Waals surface area contributed by atoms with E-state index in [1.54, 1.807) is 7.11 Å². The molecule has 6 nitrogen and oxygen atoms in total. The van der Waals surface area contributed by atoms with Gasteiger partial charge in [0, 0.05) is 45.8 Å². The lowest BCUT2D eigenvalue weighted by Gasteiger charge is -2.43. The number of piperazine rings is 1. The Balaban J connectivity index is 1.59. The van der Waals surface area contributed by atoms with E-state index in [1.807, 2.05) is 6.07 Å². The Labute approximate surface area is 143 Å². The molecule has 1 unspecified atom stereocenters. The van der Waals surface area contributed by atoms with E-state index in [2.05, 4.69) is 28.9 Å². The van der Waals surface area contributed by atoms with Gasteiger partial charge < -0.3 is 15.2 Å². The van der Waals surface area contributed by atoms with Gasteiger partial charge in [-0.15, -0.1) is 0 Å². The first-order chi connectivity index (χ1) is 11.5. The monoisotopic (exact) mass is 333 g/mol. The minimum Gasteiger partial charge on any atom is -0.496 e. The third kappa shape index (κ3) is 3.27.